The minimum Gasteiger partial charge on any atom is -0.374 e. The lowest BCUT2D eigenvalue weighted by atomic mass is 10.1. The first-order valence-corrected chi connectivity index (χ1v) is 5.37. The first-order chi connectivity index (χ1) is 6.31. The van der Waals surface area contributed by atoms with Crippen molar-refractivity contribution in [2.75, 3.05) is 26.2 Å². The van der Waals surface area contributed by atoms with E-state index in [4.69, 9.17) is 10.5 Å². The lowest BCUT2D eigenvalue weighted by molar-refractivity contribution is -0.0394. The lowest BCUT2D eigenvalue weighted by Gasteiger charge is -2.37. The molecule has 1 fully saturated rings. The van der Waals surface area contributed by atoms with Crippen LogP contribution < -0.4 is 5.73 Å². The summed E-state index contributed by atoms with van der Waals surface area (Å²) in [5, 5.41) is 0. The molecular formula is C10H22N2O. The van der Waals surface area contributed by atoms with Gasteiger partial charge < -0.3 is 10.5 Å². The molecule has 1 atom stereocenters. The summed E-state index contributed by atoms with van der Waals surface area (Å²) in [6, 6.07) is 0.720. The molecule has 2 N–H and O–H groups in total. The minimum atomic E-state index is 0.259. The SMILES string of the molecule is CCC(CC)N1CCOC(CN)C1. The molecule has 0 bridgehead atoms. The second-order valence-corrected chi connectivity index (χ2v) is 3.69. The van der Waals surface area contributed by atoms with E-state index in [0.717, 1.165) is 25.7 Å². The average Bonchev–Trinajstić information content (AvgIpc) is 2.20. The summed E-state index contributed by atoms with van der Waals surface area (Å²) in [5.41, 5.74) is 5.60. The predicted molar refractivity (Wildman–Crippen MR) is 54.7 cm³/mol. The third-order valence-electron chi connectivity index (χ3n) is 2.89. The molecule has 0 aromatic heterocycles. The molecule has 78 valence electrons. The monoisotopic (exact) mass is 186 g/mol. The topological polar surface area (TPSA) is 38.5 Å². The number of hydrogen-bond acceptors (Lipinski definition) is 3. The summed E-state index contributed by atoms with van der Waals surface area (Å²) in [5.74, 6) is 0. The number of rotatable bonds is 4. The van der Waals surface area contributed by atoms with E-state index in [9.17, 15) is 0 Å². The van der Waals surface area contributed by atoms with Crippen molar-refractivity contribution in [2.45, 2.75) is 38.8 Å². The molecule has 0 amide bonds. The third kappa shape index (κ3) is 2.93. The fourth-order valence-corrected chi connectivity index (χ4v) is 2.02. The summed E-state index contributed by atoms with van der Waals surface area (Å²) in [4.78, 5) is 2.51. The molecule has 0 radical (unpaired) electrons. The van der Waals surface area contributed by atoms with E-state index < -0.39 is 0 Å². The van der Waals surface area contributed by atoms with Crippen molar-refractivity contribution in [1.29, 1.82) is 0 Å². The fraction of sp³-hybridized carbons (Fsp3) is 1.00. The Labute approximate surface area is 81.2 Å². The van der Waals surface area contributed by atoms with Crippen LogP contribution in [0.25, 0.3) is 0 Å². The molecule has 0 saturated carbocycles. The first kappa shape index (κ1) is 11.0. The van der Waals surface area contributed by atoms with Crippen LogP contribution in [0.3, 0.4) is 0 Å². The van der Waals surface area contributed by atoms with E-state index >= 15 is 0 Å². The molecule has 1 unspecified atom stereocenters. The number of hydrogen-bond donors (Lipinski definition) is 1. The van der Waals surface area contributed by atoms with Crippen LogP contribution in [0.2, 0.25) is 0 Å². The summed E-state index contributed by atoms with van der Waals surface area (Å²) >= 11 is 0. The van der Waals surface area contributed by atoms with E-state index in [1.54, 1.807) is 0 Å². The Morgan fingerprint density at radius 2 is 2.15 bits per heavy atom. The highest BCUT2D eigenvalue weighted by Crippen LogP contribution is 2.13. The maximum absolute atomic E-state index is 5.60. The molecule has 0 aromatic carbocycles. The van der Waals surface area contributed by atoms with Crippen LogP contribution in [0.1, 0.15) is 26.7 Å². The highest BCUT2D eigenvalue weighted by molar-refractivity contribution is 4.77. The molecule has 1 heterocycles. The molecule has 1 rings (SSSR count). The number of nitrogens with two attached hydrogens (primary N) is 1. The summed E-state index contributed by atoms with van der Waals surface area (Å²) in [7, 11) is 0. The van der Waals surface area contributed by atoms with Crippen LogP contribution in [0, 0.1) is 0 Å². The Hall–Kier alpha value is -0.120. The van der Waals surface area contributed by atoms with Gasteiger partial charge in [0.2, 0.25) is 0 Å². The van der Waals surface area contributed by atoms with Crippen molar-refractivity contribution in [3.8, 4) is 0 Å². The van der Waals surface area contributed by atoms with Gasteiger partial charge in [0.15, 0.2) is 0 Å². The Morgan fingerprint density at radius 3 is 2.69 bits per heavy atom. The zero-order valence-electron chi connectivity index (χ0n) is 8.83. The normalized spacial score (nSPS) is 25.4. The summed E-state index contributed by atoms with van der Waals surface area (Å²) in [6.07, 6.45) is 2.72. The van der Waals surface area contributed by atoms with E-state index in [1.165, 1.54) is 12.8 Å². The average molecular weight is 186 g/mol. The van der Waals surface area contributed by atoms with Gasteiger partial charge in [-0.3, -0.25) is 4.90 Å². The standard InChI is InChI=1S/C10H22N2O/c1-3-9(4-2)12-5-6-13-10(7-11)8-12/h9-10H,3-8,11H2,1-2H3. The molecule has 0 aromatic rings. The fourth-order valence-electron chi connectivity index (χ4n) is 2.02. The molecule has 3 heteroatoms. The van der Waals surface area contributed by atoms with E-state index in [0.29, 0.717) is 6.54 Å². The molecular weight excluding hydrogens is 164 g/mol. The molecule has 0 spiro atoms. The minimum absolute atomic E-state index is 0.259. The molecule has 1 saturated heterocycles. The van der Waals surface area contributed by atoms with Crippen molar-refractivity contribution in [3.63, 3.8) is 0 Å². The maximum atomic E-state index is 5.60. The van der Waals surface area contributed by atoms with Crippen LogP contribution in [0.4, 0.5) is 0 Å². The van der Waals surface area contributed by atoms with Gasteiger partial charge in [0, 0.05) is 25.7 Å². The molecule has 13 heavy (non-hydrogen) atoms. The van der Waals surface area contributed by atoms with Crippen molar-refractivity contribution in [3.05, 3.63) is 0 Å². The van der Waals surface area contributed by atoms with Gasteiger partial charge >= 0.3 is 0 Å². The van der Waals surface area contributed by atoms with Gasteiger partial charge in [0.05, 0.1) is 12.7 Å². The predicted octanol–water partition coefficient (Wildman–Crippen LogP) is 0.835. The van der Waals surface area contributed by atoms with Crippen molar-refractivity contribution in [2.24, 2.45) is 5.73 Å². The second-order valence-electron chi connectivity index (χ2n) is 3.69. The Balaban J connectivity index is 2.40. The van der Waals surface area contributed by atoms with E-state index in [1.807, 2.05) is 0 Å². The van der Waals surface area contributed by atoms with Gasteiger partial charge in [-0.2, -0.15) is 0 Å². The second kappa shape index (κ2) is 5.58. The number of nitrogens with zero attached hydrogens (tertiary/aromatic N) is 1. The molecule has 3 nitrogen and oxygen atoms in total. The highest BCUT2D eigenvalue weighted by Gasteiger charge is 2.23. The van der Waals surface area contributed by atoms with Gasteiger partial charge in [-0.1, -0.05) is 13.8 Å². The van der Waals surface area contributed by atoms with Gasteiger partial charge in [-0.05, 0) is 12.8 Å². The Kier molecular flexibility index (Phi) is 4.70. The largest absolute Gasteiger partial charge is 0.374 e. The van der Waals surface area contributed by atoms with Gasteiger partial charge in [-0.15, -0.1) is 0 Å². The smallest absolute Gasteiger partial charge is 0.0824 e. The molecule has 1 aliphatic heterocycles. The quantitative estimate of drug-likeness (QED) is 0.707. The van der Waals surface area contributed by atoms with Crippen LogP contribution >= 0.6 is 0 Å². The van der Waals surface area contributed by atoms with Crippen molar-refractivity contribution in [1.82, 2.24) is 4.90 Å². The molecule has 0 aliphatic carbocycles. The first-order valence-electron chi connectivity index (χ1n) is 5.37. The third-order valence-corrected chi connectivity index (χ3v) is 2.89. The van der Waals surface area contributed by atoms with Gasteiger partial charge in [-0.25, -0.2) is 0 Å². The van der Waals surface area contributed by atoms with Gasteiger partial charge in [0.1, 0.15) is 0 Å². The molecule has 1 aliphatic rings. The highest BCUT2D eigenvalue weighted by atomic mass is 16.5. The van der Waals surface area contributed by atoms with Crippen molar-refractivity contribution >= 4 is 0 Å². The zero-order chi connectivity index (χ0) is 9.68. The lowest BCUT2D eigenvalue weighted by Crippen LogP contribution is -2.49. The maximum Gasteiger partial charge on any atom is 0.0824 e. The van der Waals surface area contributed by atoms with E-state index in [-0.39, 0.29) is 6.10 Å². The van der Waals surface area contributed by atoms with Crippen molar-refractivity contribution < 1.29 is 4.74 Å². The number of ether oxygens (including phenoxy) is 1. The number of morpholine rings is 1. The van der Waals surface area contributed by atoms with E-state index in [2.05, 4.69) is 18.7 Å². The van der Waals surface area contributed by atoms with Gasteiger partial charge in [0.25, 0.3) is 0 Å². The van der Waals surface area contributed by atoms with Crippen LogP contribution in [-0.4, -0.2) is 43.3 Å². The summed E-state index contributed by atoms with van der Waals surface area (Å²) < 4.78 is 5.53. The Bertz CT molecular complexity index is 137. The zero-order valence-corrected chi connectivity index (χ0v) is 8.83. The van der Waals surface area contributed by atoms with Crippen LogP contribution in [-0.2, 0) is 4.74 Å². The summed E-state index contributed by atoms with van der Waals surface area (Å²) in [6.45, 7) is 8.09. The van der Waals surface area contributed by atoms with Crippen LogP contribution in [0.5, 0.6) is 0 Å². The Morgan fingerprint density at radius 1 is 1.46 bits per heavy atom. The van der Waals surface area contributed by atoms with Crippen LogP contribution in [0.15, 0.2) is 0 Å².